The molecule has 0 radical (unpaired) electrons. The standard InChI is InChI=1S/C17H27NO/c1-5-18-16(17-10-9-14(4)19-17)11-15-12(2)7-6-8-13(15)3/h6-8,14,16-18H,5,9-11H2,1-4H3. The Morgan fingerprint density at radius 2 is 1.95 bits per heavy atom. The molecule has 1 saturated heterocycles. The Morgan fingerprint density at radius 3 is 2.47 bits per heavy atom. The van der Waals surface area contributed by atoms with Gasteiger partial charge in [-0.2, -0.15) is 0 Å². The number of aryl methyl sites for hydroxylation is 2. The van der Waals surface area contributed by atoms with E-state index in [2.05, 4.69) is 51.2 Å². The summed E-state index contributed by atoms with van der Waals surface area (Å²) >= 11 is 0. The number of hydrogen-bond acceptors (Lipinski definition) is 2. The molecule has 3 unspecified atom stereocenters. The lowest BCUT2D eigenvalue weighted by Crippen LogP contribution is -2.41. The fraction of sp³-hybridized carbons (Fsp3) is 0.647. The summed E-state index contributed by atoms with van der Waals surface area (Å²) < 4.78 is 6.07. The number of likely N-dealkylation sites (N-methyl/N-ethyl adjacent to an activating group) is 1. The van der Waals surface area contributed by atoms with Crippen molar-refractivity contribution in [3.63, 3.8) is 0 Å². The molecule has 0 aliphatic carbocycles. The van der Waals surface area contributed by atoms with Crippen LogP contribution < -0.4 is 5.32 Å². The van der Waals surface area contributed by atoms with Gasteiger partial charge in [0.25, 0.3) is 0 Å². The van der Waals surface area contributed by atoms with Crippen molar-refractivity contribution in [2.75, 3.05) is 6.54 Å². The van der Waals surface area contributed by atoms with Crippen LogP contribution in [0.5, 0.6) is 0 Å². The van der Waals surface area contributed by atoms with E-state index in [9.17, 15) is 0 Å². The minimum absolute atomic E-state index is 0.369. The second-order valence-corrected chi connectivity index (χ2v) is 5.80. The van der Waals surface area contributed by atoms with Crippen molar-refractivity contribution >= 4 is 0 Å². The molecule has 0 saturated carbocycles. The van der Waals surface area contributed by atoms with Gasteiger partial charge in [-0.1, -0.05) is 25.1 Å². The number of nitrogens with one attached hydrogen (secondary N) is 1. The van der Waals surface area contributed by atoms with Gasteiger partial charge in [0.15, 0.2) is 0 Å². The molecule has 0 amide bonds. The molecule has 1 heterocycles. The van der Waals surface area contributed by atoms with Crippen molar-refractivity contribution in [1.82, 2.24) is 5.32 Å². The molecule has 1 aliphatic heterocycles. The molecule has 1 N–H and O–H groups in total. The topological polar surface area (TPSA) is 21.3 Å². The Bertz CT molecular complexity index is 395. The van der Waals surface area contributed by atoms with Crippen molar-refractivity contribution in [2.24, 2.45) is 0 Å². The molecule has 2 rings (SSSR count). The van der Waals surface area contributed by atoms with E-state index in [0.717, 1.165) is 13.0 Å². The van der Waals surface area contributed by atoms with E-state index < -0.39 is 0 Å². The number of rotatable bonds is 5. The summed E-state index contributed by atoms with van der Waals surface area (Å²) in [5.74, 6) is 0. The Morgan fingerprint density at radius 1 is 1.26 bits per heavy atom. The normalized spacial score (nSPS) is 24.6. The molecular weight excluding hydrogens is 234 g/mol. The van der Waals surface area contributed by atoms with Gasteiger partial charge in [0.05, 0.1) is 12.2 Å². The quantitative estimate of drug-likeness (QED) is 0.877. The third kappa shape index (κ3) is 3.58. The molecule has 19 heavy (non-hydrogen) atoms. The molecule has 1 aromatic rings. The first-order chi connectivity index (χ1) is 9.11. The molecule has 2 heteroatoms. The van der Waals surface area contributed by atoms with Crippen molar-refractivity contribution in [2.45, 2.75) is 65.2 Å². The first kappa shape index (κ1) is 14.5. The van der Waals surface area contributed by atoms with Crippen LogP contribution in [0.1, 0.15) is 43.4 Å². The van der Waals surface area contributed by atoms with Gasteiger partial charge in [-0.25, -0.2) is 0 Å². The molecular formula is C17H27NO. The maximum atomic E-state index is 6.07. The molecule has 1 aromatic carbocycles. The number of ether oxygens (including phenoxy) is 1. The lowest BCUT2D eigenvalue weighted by molar-refractivity contribution is 0.0323. The van der Waals surface area contributed by atoms with E-state index >= 15 is 0 Å². The van der Waals surface area contributed by atoms with Gasteiger partial charge in [0, 0.05) is 6.04 Å². The third-order valence-electron chi connectivity index (χ3n) is 4.25. The predicted molar refractivity (Wildman–Crippen MR) is 80.7 cm³/mol. The molecule has 2 nitrogen and oxygen atoms in total. The van der Waals surface area contributed by atoms with E-state index in [1.807, 2.05) is 0 Å². The van der Waals surface area contributed by atoms with Crippen molar-refractivity contribution in [1.29, 1.82) is 0 Å². The third-order valence-corrected chi connectivity index (χ3v) is 4.25. The summed E-state index contributed by atoms with van der Waals surface area (Å²) in [6.45, 7) is 9.79. The summed E-state index contributed by atoms with van der Waals surface area (Å²) in [4.78, 5) is 0. The van der Waals surface area contributed by atoms with Crippen LogP contribution in [0, 0.1) is 13.8 Å². The summed E-state index contributed by atoms with van der Waals surface area (Å²) in [6.07, 6.45) is 4.24. The second kappa shape index (κ2) is 6.53. The van der Waals surface area contributed by atoms with Gasteiger partial charge >= 0.3 is 0 Å². The lowest BCUT2D eigenvalue weighted by atomic mass is 9.93. The lowest BCUT2D eigenvalue weighted by Gasteiger charge is -2.26. The maximum Gasteiger partial charge on any atom is 0.0735 e. The van der Waals surface area contributed by atoms with Crippen LogP contribution in [0.4, 0.5) is 0 Å². The minimum atomic E-state index is 0.369. The van der Waals surface area contributed by atoms with Crippen molar-refractivity contribution in [3.05, 3.63) is 34.9 Å². The zero-order chi connectivity index (χ0) is 13.8. The van der Waals surface area contributed by atoms with Gasteiger partial charge in [0.2, 0.25) is 0 Å². The first-order valence-corrected chi connectivity index (χ1v) is 7.55. The number of hydrogen-bond donors (Lipinski definition) is 1. The van der Waals surface area contributed by atoms with Gasteiger partial charge in [0.1, 0.15) is 0 Å². The fourth-order valence-electron chi connectivity index (χ4n) is 3.12. The fourth-order valence-corrected chi connectivity index (χ4v) is 3.12. The van der Waals surface area contributed by atoms with E-state index in [-0.39, 0.29) is 0 Å². The zero-order valence-electron chi connectivity index (χ0n) is 12.7. The Balaban J connectivity index is 2.12. The smallest absolute Gasteiger partial charge is 0.0735 e. The molecule has 1 aliphatic rings. The Hall–Kier alpha value is -0.860. The highest BCUT2D eigenvalue weighted by atomic mass is 16.5. The second-order valence-electron chi connectivity index (χ2n) is 5.80. The van der Waals surface area contributed by atoms with Gasteiger partial charge < -0.3 is 10.1 Å². The van der Waals surface area contributed by atoms with Gasteiger partial charge in [-0.3, -0.25) is 0 Å². The molecule has 0 spiro atoms. The highest BCUT2D eigenvalue weighted by Gasteiger charge is 2.29. The van der Waals surface area contributed by atoms with Crippen LogP contribution in [-0.4, -0.2) is 24.8 Å². The SMILES string of the molecule is CCNC(Cc1c(C)cccc1C)C1CCC(C)O1. The molecule has 3 atom stereocenters. The average molecular weight is 261 g/mol. The van der Waals surface area contributed by atoms with Crippen molar-refractivity contribution < 1.29 is 4.74 Å². The van der Waals surface area contributed by atoms with Crippen LogP contribution in [-0.2, 0) is 11.2 Å². The predicted octanol–water partition coefficient (Wildman–Crippen LogP) is 3.39. The van der Waals surface area contributed by atoms with Crippen molar-refractivity contribution in [3.8, 4) is 0 Å². The van der Waals surface area contributed by atoms with Crippen LogP contribution in [0.3, 0.4) is 0 Å². The monoisotopic (exact) mass is 261 g/mol. The molecule has 1 fully saturated rings. The summed E-state index contributed by atoms with van der Waals surface area (Å²) in [7, 11) is 0. The molecule has 0 bridgehead atoms. The zero-order valence-corrected chi connectivity index (χ0v) is 12.7. The minimum Gasteiger partial charge on any atom is -0.374 e. The van der Waals surface area contributed by atoms with Crippen LogP contribution in [0.2, 0.25) is 0 Å². The van der Waals surface area contributed by atoms with E-state index in [1.165, 1.54) is 29.5 Å². The molecule has 0 aromatic heterocycles. The average Bonchev–Trinajstić information content (AvgIpc) is 2.79. The van der Waals surface area contributed by atoms with E-state index in [1.54, 1.807) is 0 Å². The highest BCUT2D eigenvalue weighted by molar-refractivity contribution is 5.34. The van der Waals surface area contributed by atoms with E-state index in [0.29, 0.717) is 18.2 Å². The van der Waals surface area contributed by atoms with Crippen LogP contribution >= 0.6 is 0 Å². The summed E-state index contributed by atoms with van der Waals surface area (Å²) in [6, 6.07) is 7.01. The maximum absolute atomic E-state index is 6.07. The highest BCUT2D eigenvalue weighted by Crippen LogP contribution is 2.25. The van der Waals surface area contributed by atoms with Crippen LogP contribution in [0.25, 0.3) is 0 Å². The number of benzene rings is 1. The summed E-state index contributed by atoms with van der Waals surface area (Å²) in [5.41, 5.74) is 4.28. The summed E-state index contributed by atoms with van der Waals surface area (Å²) in [5, 5.41) is 3.62. The van der Waals surface area contributed by atoms with Gasteiger partial charge in [-0.05, 0) is 63.3 Å². The Kier molecular flexibility index (Phi) is 5.00. The molecule has 106 valence electrons. The van der Waals surface area contributed by atoms with E-state index in [4.69, 9.17) is 4.74 Å². The largest absolute Gasteiger partial charge is 0.374 e. The van der Waals surface area contributed by atoms with Gasteiger partial charge in [-0.15, -0.1) is 0 Å². The van der Waals surface area contributed by atoms with Crippen LogP contribution in [0.15, 0.2) is 18.2 Å². The Labute approximate surface area is 117 Å². The first-order valence-electron chi connectivity index (χ1n) is 7.55.